The number of carboxylic acid groups (broad SMARTS) is 1. The van der Waals surface area contributed by atoms with Crippen molar-refractivity contribution in [3.63, 3.8) is 0 Å². The first-order valence-electron chi connectivity index (χ1n) is 7.24. The minimum Gasteiger partial charge on any atom is -0.480 e. The fourth-order valence-electron chi connectivity index (χ4n) is 2.76. The van der Waals surface area contributed by atoms with Crippen molar-refractivity contribution >= 4 is 27.8 Å². The second-order valence-electron chi connectivity index (χ2n) is 5.66. The number of piperidine rings is 1. The lowest BCUT2D eigenvalue weighted by Crippen LogP contribution is -2.49. The van der Waals surface area contributed by atoms with Crippen LogP contribution in [0.5, 0.6) is 0 Å². The molecule has 1 heterocycles. The molecule has 1 saturated heterocycles. The lowest BCUT2D eigenvalue weighted by Gasteiger charge is -2.36. The van der Waals surface area contributed by atoms with Crippen LogP contribution in [0, 0.1) is 5.92 Å². The molecule has 1 fully saturated rings. The number of hydrogen-bond acceptors (Lipinski definition) is 2. The summed E-state index contributed by atoms with van der Waals surface area (Å²) in [5, 5.41) is 9.30. The summed E-state index contributed by atoms with van der Waals surface area (Å²) in [5.74, 6) is -0.598. The minimum atomic E-state index is -0.893. The number of rotatable bonds is 4. The van der Waals surface area contributed by atoms with Gasteiger partial charge in [-0.25, -0.2) is 4.79 Å². The summed E-state index contributed by atoms with van der Waals surface area (Å²) in [7, 11) is 0. The lowest BCUT2D eigenvalue weighted by atomic mass is 9.92. The number of hydrogen-bond donors (Lipinski definition) is 1. The molecule has 1 N–H and O–H groups in total. The SMILES string of the molecule is CC1CCN(C(=O)CCc2ccccc2Br)C(C(=O)O)C1. The molecule has 21 heavy (non-hydrogen) atoms. The second kappa shape index (κ2) is 7.07. The van der Waals surface area contributed by atoms with Gasteiger partial charge in [0.05, 0.1) is 0 Å². The third-order valence-electron chi connectivity index (χ3n) is 4.04. The molecule has 2 atom stereocenters. The Morgan fingerprint density at radius 1 is 1.38 bits per heavy atom. The predicted octanol–water partition coefficient (Wildman–Crippen LogP) is 3.09. The summed E-state index contributed by atoms with van der Waals surface area (Å²) in [6.45, 7) is 2.59. The largest absolute Gasteiger partial charge is 0.480 e. The van der Waals surface area contributed by atoms with Gasteiger partial charge in [0.2, 0.25) is 5.91 Å². The van der Waals surface area contributed by atoms with Gasteiger partial charge in [0.1, 0.15) is 6.04 Å². The fourth-order valence-corrected chi connectivity index (χ4v) is 3.24. The Balaban J connectivity index is 1.99. The molecule has 0 radical (unpaired) electrons. The van der Waals surface area contributed by atoms with Crippen molar-refractivity contribution in [3.05, 3.63) is 34.3 Å². The molecule has 0 bridgehead atoms. The highest BCUT2D eigenvalue weighted by atomic mass is 79.9. The van der Waals surface area contributed by atoms with E-state index < -0.39 is 12.0 Å². The van der Waals surface area contributed by atoms with Crippen LogP contribution in [0.2, 0.25) is 0 Å². The Bertz CT molecular complexity index is 532. The summed E-state index contributed by atoms with van der Waals surface area (Å²) < 4.78 is 0.986. The minimum absolute atomic E-state index is 0.0648. The third-order valence-corrected chi connectivity index (χ3v) is 4.81. The second-order valence-corrected chi connectivity index (χ2v) is 6.52. The van der Waals surface area contributed by atoms with Crippen LogP contribution < -0.4 is 0 Å². The predicted molar refractivity (Wildman–Crippen MR) is 84.0 cm³/mol. The van der Waals surface area contributed by atoms with Crippen LogP contribution in [0.25, 0.3) is 0 Å². The zero-order valence-electron chi connectivity index (χ0n) is 12.1. The highest BCUT2D eigenvalue weighted by Crippen LogP contribution is 2.24. The number of amides is 1. The number of carbonyl (C=O) groups is 2. The van der Waals surface area contributed by atoms with Crippen LogP contribution >= 0.6 is 15.9 Å². The number of carbonyl (C=O) groups excluding carboxylic acids is 1. The van der Waals surface area contributed by atoms with E-state index in [2.05, 4.69) is 15.9 Å². The number of benzene rings is 1. The van der Waals surface area contributed by atoms with Gasteiger partial charge in [-0.05, 0) is 36.8 Å². The zero-order valence-corrected chi connectivity index (χ0v) is 13.7. The average molecular weight is 354 g/mol. The summed E-state index contributed by atoms with van der Waals surface area (Å²) in [6, 6.07) is 7.13. The topological polar surface area (TPSA) is 57.6 Å². The van der Waals surface area contributed by atoms with Crippen molar-refractivity contribution in [2.75, 3.05) is 6.54 Å². The molecule has 4 nitrogen and oxygen atoms in total. The lowest BCUT2D eigenvalue weighted by molar-refractivity contribution is -0.153. The van der Waals surface area contributed by atoms with Crippen molar-refractivity contribution in [2.45, 2.75) is 38.6 Å². The molecule has 0 aromatic heterocycles. The van der Waals surface area contributed by atoms with Gasteiger partial charge in [-0.1, -0.05) is 41.1 Å². The van der Waals surface area contributed by atoms with E-state index in [1.807, 2.05) is 31.2 Å². The van der Waals surface area contributed by atoms with Crippen LogP contribution in [0.1, 0.15) is 31.7 Å². The van der Waals surface area contributed by atoms with Crippen molar-refractivity contribution in [1.82, 2.24) is 4.90 Å². The van der Waals surface area contributed by atoms with E-state index in [1.54, 1.807) is 4.90 Å². The van der Waals surface area contributed by atoms with E-state index in [-0.39, 0.29) is 5.91 Å². The maximum absolute atomic E-state index is 12.4. The Kier molecular flexibility index (Phi) is 5.39. The van der Waals surface area contributed by atoms with Crippen LogP contribution in [0.4, 0.5) is 0 Å². The Hall–Kier alpha value is -1.36. The summed E-state index contributed by atoms with van der Waals surface area (Å²) >= 11 is 3.47. The number of aliphatic carboxylic acids is 1. The maximum Gasteiger partial charge on any atom is 0.326 e. The molecule has 5 heteroatoms. The molecular weight excluding hydrogens is 334 g/mol. The number of halogens is 1. The molecule has 1 aliphatic rings. The molecule has 1 aliphatic heterocycles. The molecule has 2 rings (SSSR count). The third kappa shape index (κ3) is 4.06. The molecule has 114 valence electrons. The van der Waals surface area contributed by atoms with Crippen molar-refractivity contribution in [3.8, 4) is 0 Å². The molecule has 0 saturated carbocycles. The summed E-state index contributed by atoms with van der Waals surface area (Å²) in [4.78, 5) is 25.2. The van der Waals surface area contributed by atoms with Gasteiger partial charge in [0.25, 0.3) is 0 Å². The summed E-state index contributed by atoms with van der Waals surface area (Å²) in [6.07, 6.45) is 2.40. The first-order chi connectivity index (χ1) is 9.99. The first-order valence-corrected chi connectivity index (χ1v) is 8.04. The number of likely N-dealkylation sites (tertiary alicyclic amines) is 1. The quantitative estimate of drug-likeness (QED) is 0.904. The standard InChI is InChI=1S/C16H20BrNO3/c1-11-8-9-18(14(10-11)16(20)21)15(19)7-6-12-4-2-3-5-13(12)17/h2-5,11,14H,6-10H2,1H3,(H,20,21). The highest BCUT2D eigenvalue weighted by Gasteiger charge is 2.34. The van der Waals surface area contributed by atoms with Crippen molar-refractivity contribution < 1.29 is 14.7 Å². The summed E-state index contributed by atoms with van der Waals surface area (Å²) in [5.41, 5.74) is 1.07. The molecule has 0 spiro atoms. The van der Waals surface area contributed by atoms with Gasteiger partial charge in [-0.3, -0.25) is 4.79 Å². The highest BCUT2D eigenvalue weighted by molar-refractivity contribution is 9.10. The van der Waals surface area contributed by atoms with Gasteiger partial charge < -0.3 is 10.0 Å². The van der Waals surface area contributed by atoms with E-state index in [0.29, 0.717) is 31.7 Å². The van der Waals surface area contributed by atoms with Crippen LogP contribution in [-0.2, 0) is 16.0 Å². The monoisotopic (exact) mass is 353 g/mol. The molecule has 2 unspecified atom stereocenters. The molecule has 1 amide bonds. The molecule has 0 aliphatic carbocycles. The van der Waals surface area contributed by atoms with Crippen LogP contribution in [0.3, 0.4) is 0 Å². The maximum atomic E-state index is 12.4. The molecule has 1 aromatic rings. The van der Waals surface area contributed by atoms with E-state index in [4.69, 9.17) is 0 Å². The van der Waals surface area contributed by atoms with Gasteiger partial charge in [-0.2, -0.15) is 0 Å². The van der Waals surface area contributed by atoms with Crippen LogP contribution in [0.15, 0.2) is 28.7 Å². The van der Waals surface area contributed by atoms with Crippen molar-refractivity contribution in [2.24, 2.45) is 5.92 Å². The normalized spacial score (nSPS) is 22.1. The van der Waals surface area contributed by atoms with E-state index in [9.17, 15) is 14.7 Å². The smallest absolute Gasteiger partial charge is 0.326 e. The number of nitrogens with zero attached hydrogens (tertiary/aromatic N) is 1. The number of aryl methyl sites for hydroxylation is 1. The van der Waals surface area contributed by atoms with Gasteiger partial charge >= 0.3 is 5.97 Å². The average Bonchev–Trinajstić information content (AvgIpc) is 2.46. The van der Waals surface area contributed by atoms with Gasteiger partial charge in [0, 0.05) is 17.4 Å². The Morgan fingerprint density at radius 3 is 2.76 bits per heavy atom. The van der Waals surface area contributed by atoms with Crippen molar-refractivity contribution in [1.29, 1.82) is 0 Å². The molecule has 1 aromatic carbocycles. The van der Waals surface area contributed by atoms with Crippen LogP contribution in [-0.4, -0.2) is 34.5 Å². The Morgan fingerprint density at radius 2 is 2.10 bits per heavy atom. The van der Waals surface area contributed by atoms with Gasteiger partial charge in [0.15, 0.2) is 0 Å². The van der Waals surface area contributed by atoms with E-state index in [1.165, 1.54) is 0 Å². The van der Waals surface area contributed by atoms with E-state index >= 15 is 0 Å². The van der Waals surface area contributed by atoms with Gasteiger partial charge in [-0.15, -0.1) is 0 Å². The zero-order chi connectivity index (χ0) is 15.4. The molecular formula is C16H20BrNO3. The fraction of sp³-hybridized carbons (Fsp3) is 0.500. The van der Waals surface area contributed by atoms with E-state index in [0.717, 1.165) is 16.5 Å². The Labute approximate surface area is 133 Å². The first kappa shape index (κ1) is 16.0. The number of carboxylic acids is 1.